The van der Waals surface area contributed by atoms with Crippen LogP contribution in [0.15, 0.2) is 72.9 Å². The van der Waals surface area contributed by atoms with Crippen LogP contribution in [0.3, 0.4) is 0 Å². The molecule has 0 radical (unpaired) electrons. The number of fused-ring (bicyclic) bond motifs is 1. The van der Waals surface area contributed by atoms with Crippen LogP contribution in [0, 0.1) is 0 Å². The Morgan fingerprint density at radius 1 is 1.00 bits per heavy atom. The lowest BCUT2D eigenvalue weighted by Crippen LogP contribution is -2.29. The molecule has 4 rings (SSSR count). The van der Waals surface area contributed by atoms with Crippen molar-refractivity contribution in [1.29, 1.82) is 0 Å². The summed E-state index contributed by atoms with van der Waals surface area (Å²) in [6.45, 7) is 0.120. The first-order valence-electron chi connectivity index (χ1n) is 8.74. The minimum Gasteiger partial charge on any atom is -0.482 e. The van der Waals surface area contributed by atoms with Crippen molar-refractivity contribution < 1.29 is 9.53 Å². The fourth-order valence-electron chi connectivity index (χ4n) is 2.81. The van der Waals surface area contributed by atoms with E-state index in [1.165, 1.54) is 0 Å². The van der Waals surface area contributed by atoms with Crippen LogP contribution < -0.4 is 10.1 Å². The minimum atomic E-state index is -0.268. The Morgan fingerprint density at radius 2 is 1.82 bits per heavy atom. The minimum absolute atomic E-state index is 0.138. The van der Waals surface area contributed by atoms with Crippen molar-refractivity contribution in [3.05, 3.63) is 83.8 Å². The second-order valence-electron chi connectivity index (χ2n) is 6.12. The summed E-state index contributed by atoms with van der Waals surface area (Å²) >= 11 is 6.31. The van der Waals surface area contributed by atoms with Crippen molar-refractivity contribution in [2.75, 3.05) is 6.61 Å². The molecule has 2 heterocycles. The number of pyridine rings is 1. The summed E-state index contributed by atoms with van der Waals surface area (Å²) in [5, 5.41) is 11.4. The van der Waals surface area contributed by atoms with Gasteiger partial charge in [0.15, 0.2) is 18.1 Å². The van der Waals surface area contributed by atoms with Crippen molar-refractivity contribution in [2.45, 2.75) is 6.54 Å². The van der Waals surface area contributed by atoms with E-state index in [1.807, 2.05) is 71.3 Å². The quantitative estimate of drug-likeness (QED) is 0.542. The Labute approximate surface area is 166 Å². The second-order valence-corrected chi connectivity index (χ2v) is 6.53. The third-order valence-electron chi connectivity index (χ3n) is 4.23. The van der Waals surface area contributed by atoms with E-state index >= 15 is 0 Å². The molecular formula is C21H17ClN4O2. The Kier molecular flexibility index (Phi) is 5.21. The summed E-state index contributed by atoms with van der Waals surface area (Å²) in [4.78, 5) is 12.1. The smallest absolute Gasteiger partial charge is 0.258 e. The summed E-state index contributed by atoms with van der Waals surface area (Å²) in [6.07, 6.45) is 1.85. The van der Waals surface area contributed by atoms with E-state index < -0.39 is 0 Å². The molecule has 1 amide bonds. The van der Waals surface area contributed by atoms with E-state index in [0.717, 1.165) is 16.8 Å². The second kappa shape index (κ2) is 8.10. The van der Waals surface area contributed by atoms with E-state index in [0.29, 0.717) is 16.6 Å². The maximum Gasteiger partial charge on any atom is 0.258 e. The van der Waals surface area contributed by atoms with Crippen LogP contribution in [0.2, 0.25) is 5.02 Å². The highest BCUT2D eigenvalue weighted by molar-refractivity contribution is 6.32. The number of benzene rings is 2. The van der Waals surface area contributed by atoms with E-state index in [-0.39, 0.29) is 19.1 Å². The molecule has 140 valence electrons. The lowest BCUT2D eigenvalue weighted by Gasteiger charge is -2.10. The Morgan fingerprint density at radius 3 is 2.64 bits per heavy atom. The highest BCUT2D eigenvalue weighted by Crippen LogP contribution is 2.30. The number of aromatic nitrogens is 3. The van der Waals surface area contributed by atoms with E-state index in [2.05, 4.69) is 15.5 Å². The molecule has 28 heavy (non-hydrogen) atoms. The van der Waals surface area contributed by atoms with Gasteiger partial charge < -0.3 is 10.1 Å². The van der Waals surface area contributed by atoms with E-state index in [4.69, 9.17) is 16.3 Å². The number of nitrogens with zero attached hydrogens (tertiary/aromatic N) is 3. The Bertz CT molecular complexity index is 1110. The van der Waals surface area contributed by atoms with Gasteiger partial charge in [0.05, 0.1) is 11.6 Å². The van der Waals surface area contributed by atoms with Gasteiger partial charge in [-0.25, -0.2) is 0 Å². The number of ether oxygens (including phenoxy) is 1. The van der Waals surface area contributed by atoms with E-state index in [1.54, 1.807) is 6.07 Å². The average Bonchev–Trinajstić information content (AvgIpc) is 3.15. The summed E-state index contributed by atoms with van der Waals surface area (Å²) in [7, 11) is 0. The predicted molar refractivity (Wildman–Crippen MR) is 107 cm³/mol. The molecule has 2 aromatic heterocycles. The highest BCUT2D eigenvalue weighted by Gasteiger charge is 2.10. The van der Waals surface area contributed by atoms with Gasteiger partial charge in [-0.1, -0.05) is 54.1 Å². The summed E-state index contributed by atoms with van der Waals surface area (Å²) < 4.78 is 7.38. The molecule has 0 atom stereocenters. The van der Waals surface area contributed by atoms with Crippen LogP contribution in [0.4, 0.5) is 0 Å². The fourth-order valence-corrected chi connectivity index (χ4v) is 3.05. The van der Waals surface area contributed by atoms with Crippen molar-refractivity contribution >= 4 is 23.2 Å². The standard InChI is InChI=1S/C21H17ClN4O2/c22-17-12-16(15-6-2-1-3-7-15)9-10-18(17)28-14-21(27)23-13-20-25-24-19-8-4-5-11-26(19)20/h1-12H,13-14H2,(H,23,27). The summed E-state index contributed by atoms with van der Waals surface area (Å²) in [5.74, 6) is 0.842. The number of carbonyl (C=O) groups is 1. The third-order valence-corrected chi connectivity index (χ3v) is 4.52. The third kappa shape index (κ3) is 3.97. The van der Waals surface area contributed by atoms with Gasteiger partial charge in [-0.05, 0) is 35.4 Å². The molecule has 7 heteroatoms. The SMILES string of the molecule is O=C(COc1ccc(-c2ccccc2)cc1Cl)NCc1nnc2ccccn12. The zero-order valence-electron chi connectivity index (χ0n) is 14.9. The van der Waals surface area contributed by atoms with Gasteiger partial charge in [0.2, 0.25) is 0 Å². The number of halogens is 1. The number of carbonyl (C=O) groups excluding carboxylic acids is 1. The first-order chi connectivity index (χ1) is 13.7. The van der Waals surface area contributed by atoms with Crippen LogP contribution in [0.1, 0.15) is 5.82 Å². The summed E-state index contributed by atoms with van der Waals surface area (Å²) in [5.41, 5.74) is 2.78. The molecule has 0 spiro atoms. The maximum atomic E-state index is 12.1. The molecule has 2 aromatic carbocycles. The van der Waals surface area contributed by atoms with Gasteiger partial charge in [-0.2, -0.15) is 0 Å². The first kappa shape index (κ1) is 18.0. The molecule has 0 aliphatic rings. The van der Waals surface area contributed by atoms with Crippen molar-refractivity contribution in [1.82, 2.24) is 19.9 Å². The number of nitrogens with one attached hydrogen (secondary N) is 1. The van der Waals surface area contributed by atoms with Gasteiger partial charge >= 0.3 is 0 Å². The van der Waals surface area contributed by atoms with Crippen LogP contribution >= 0.6 is 11.6 Å². The van der Waals surface area contributed by atoms with E-state index in [9.17, 15) is 4.79 Å². The van der Waals surface area contributed by atoms with Crippen LogP contribution in [0.5, 0.6) is 5.75 Å². The van der Waals surface area contributed by atoms with Gasteiger partial charge in [-0.15, -0.1) is 10.2 Å². The van der Waals surface area contributed by atoms with Crippen LogP contribution in [-0.2, 0) is 11.3 Å². The number of rotatable bonds is 6. The molecule has 0 bridgehead atoms. The largest absolute Gasteiger partial charge is 0.482 e. The van der Waals surface area contributed by atoms with Gasteiger partial charge in [0.1, 0.15) is 5.75 Å². The van der Waals surface area contributed by atoms with Gasteiger partial charge in [0.25, 0.3) is 5.91 Å². The average molecular weight is 393 g/mol. The number of amides is 1. The molecular weight excluding hydrogens is 376 g/mol. The zero-order chi connectivity index (χ0) is 19.3. The lowest BCUT2D eigenvalue weighted by atomic mass is 10.1. The maximum absolute atomic E-state index is 12.1. The molecule has 0 aliphatic carbocycles. The van der Waals surface area contributed by atoms with Gasteiger partial charge in [0, 0.05) is 6.20 Å². The molecule has 4 aromatic rings. The Balaban J connectivity index is 1.34. The molecule has 0 aliphatic heterocycles. The topological polar surface area (TPSA) is 68.5 Å². The van der Waals surface area contributed by atoms with Crippen LogP contribution in [-0.4, -0.2) is 27.1 Å². The lowest BCUT2D eigenvalue weighted by molar-refractivity contribution is -0.123. The number of hydrogen-bond acceptors (Lipinski definition) is 4. The molecule has 6 nitrogen and oxygen atoms in total. The van der Waals surface area contributed by atoms with Crippen molar-refractivity contribution in [3.8, 4) is 16.9 Å². The molecule has 0 saturated carbocycles. The highest BCUT2D eigenvalue weighted by atomic mass is 35.5. The molecule has 0 unspecified atom stereocenters. The van der Waals surface area contributed by atoms with Gasteiger partial charge in [-0.3, -0.25) is 9.20 Å². The first-order valence-corrected chi connectivity index (χ1v) is 9.11. The fraction of sp³-hybridized carbons (Fsp3) is 0.0952. The van der Waals surface area contributed by atoms with Crippen molar-refractivity contribution in [2.24, 2.45) is 0 Å². The zero-order valence-corrected chi connectivity index (χ0v) is 15.6. The molecule has 0 saturated heterocycles. The monoisotopic (exact) mass is 392 g/mol. The summed E-state index contributed by atoms with van der Waals surface area (Å²) in [6, 6.07) is 21.0. The Hall–Kier alpha value is -3.38. The predicted octanol–water partition coefficient (Wildman–Crippen LogP) is 3.74. The normalized spacial score (nSPS) is 10.8. The van der Waals surface area contributed by atoms with Crippen LogP contribution in [0.25, 0.3) is 16.8 Å². The number of hydrogen-bond donors (Lipinski definition) is 1. The molecule has 1 N–H and O–H groups in total. The molecule has 0 fully saturated rings. The van der Waals surface area contributed by atoms with Crippen molar-refractivity contribution in [3.63, 3.8) is 0 Å².